The minimum absolute atomic E-state index is 0.0588. The average molecular weight is 326 g/mol. The fourth-order valence-electron chi connectivity index (χ4n) is 1.60. The number of nitrogens with one attached hydrogen (secondary N) is 1. The van der Waals surface area contributed by atoms with Crippen molar-refractivity contribution >= 4 is 33.0 Å². The van der Waals surface area contributed by atoms with Crippen molar-refractivity contribution in [3.63, 3.8) is 0 Å². The van der Waals surface area contributed by atoms with E-state index >= 15 is 0 Å². The molecule has 0 heterocycles. The van der Waals surface area contributed by atoms with Gasteiger partial charge in [0.15, 0.2) is 0 Å². The van der Waals surface area contributed by atoms with Crippen LogP contribution in [0.1, 0.15) is 5.56 Å². The van der Waals surface area contributed by atoms with Crippen molar-refractivity contribution in [3.05, 3.63) is 52.8 Å². The Balaban J connectivity index is 2.48. The third-order valence-electron chi connectivity index (χ3n) is 2.61. The molecule has 2 aromatic carbocycles. The molecule has 8 heteroatoms. The Morgan fingerprint density at radius 1 is 1.24 bits per heavy atom. The summed E-state index contributed by atoms with van der Waals surface area (Å²) >= 11 is 5.84. The largest absolute Gasteiger partial charge is 0.397 e. The van der Waals surface area contributed by atoms with Crippen LogP contribution < -0.4 is 10.5 Å². The predicted molar refractivity (Wildman–Crippen MR) is 77.8 cm³/mol. The summed E-state index contributed by atoms with van der Waals surface area (Å²) in [6, 6.07) is 8.92. The van der Waals surface area contributed by atoms with Gasteiger partial charge in [0.05, 0.1) is 28.0 Å². The number of sulfonamides is 1. The first-order valence-electron chi connectivity index (χ1n) is 5.61. The normalized spacial score (nSPS) is 10.9. The van der Waals surface area contributed by atoms with E-state index in [1.807, 2.05) is 6.07 Å². The maximum atomic E-state index is 13.2. The monoisotopic (exact) mass is 325 g/mol. The molecule has 0 amide bonds. The highest BCUT2D eigenvalue weighted by atomic mass is 35.5. The number of hydrogen-bond acceptors (Lipinski definition) is 4. The second-order valence-electron chi connectivity index (χ2n) is 4.09. The van der Waals surface area contributed by atoms with Crippen LogP contribution in [0.15, 0.2) is 41.3 Å². The van der Waals surface area contributed by atoms with Gasteiger partial charge in [0.2, 0.25) is 0 Å². The topological polar surface area (TPSA) is 96.0 Å². The number of anilines is 2. The van der Waals surface area contributed by atoms with Crippen LogP contribution >= 0.6 is 11.6 Å². The minimum Gasteiger partial charge on any atom is -0.397 e. The summed E-state index contributed by atoms with van der Waals surface area (Å²) in [4.78, 5) is -0.285. The quantitative estimate of drug-likeness (QED) is 0.848. The highest BCUT2D eigenvalue weighted by molar-refractivity contribution is 7.92. The molecule has 3 N–H and O–H groups in total. The van der Waals surface area contributed by atoms with E-state index in [1.54, 1.807) is 0 Å². The van der Waals surface area contributed by atoms with E-state index in [9.17, 15) is 12.8 Å². The molecule has 0 unspecified atom stereocenters. The Hall–Kier alpha value is -2.30. The highest BCUT2D eigenvalue weighted by Crippen LogP contribution is 2.27. The van der Waals surface area contributed by atoms with Gasteiger partial charge in [-0.3, -0.25) is 4.72 Å². The van der Waals surface area contributed by atoms with Crippen LogP contribution in [0.3, 0.4) is 0 Å². The van der Waals surface area contributed by atoms with E-state index in [-0.39, 0.29) is 26.9 Å². The first kappa shape index (κ1) is 15.1. The maximum absolute atomic E-state index is 13.2. The Bertz CT molecular complexity index is 847. The lowest BCUT2D eigenvalue weighted by atomic mass is 10.2. The lowest BCUT2D eigenvalue weighted by Gasteiger charge is -2.11. The van der Waals surface area contributed by atoms with Crippen molar-refractivity contribution in [1.29, 1.82) is 5.26 Å². The number of nitrogens with zero attached hydrogens (tertiary/aromatic N) is 1. The van der Waals surface area contributed by atoms with Crippen molar-refractivity contribution in [2.45, 2.75) is 4.90 Å². The van der Waals surface area contributed by atoms with E-state index in [4.69, 9.17) is 22.6 Å². The summed E-state index contributed by atoms with van der Waals surface area (Å²) in [6.45, 7) is 0. The predicted octanol–water partition coefficient (Wildman–Crippen LogP) is 2.73. The number of halogens is 2. The van der Waals surface area contributed by atoms with Gasteiger partial charge in [-0.05, 0) is 30.3 Å². The summed E-state index contributed by atoms with van der Waals surface area (Å²) < 4.78 is 39.9. The van der Waals surface area contributed by atoms with Crippen LogP contribution in [-0.4, -0.2) is 8.42 Å². The Kier molecular flexibility index (Phi) is 4.02. The molecule has 0 spiro atoms. The van der Waals surface area contributed by atoms with Gasteiger partial charge in [0.25, 0.3) is 10.0 Å². The van der Waals surface area contributed by atoms with Crippen LogP contribution in [-0.2, 0) is 10.0 Å². The van der Waals surface area contributed by atoms with Crippen molar-refractivity contribution in [3.8, 4) is 6.07 Å². The molecule has 5 nitrogen and oxygen atoms in total. The zero-order valence-corrected chi connectivity index (χ0v) is 12.0. The molecule has 108 valence electrons. The Labute approximate surface area is 125 Å². The van der Waals surface area contributed by atoms with Gasteiger partial charge in [-0.15, -0.1) is 0 Å². The van der Waals surface area contributed by atoms with Crippen molar-refractivity contribution in [1.82, 2.24) is 0 Å². The molecule has 0 saturated carbocycles. The molecule has 0 aliphatic heterocycles. The molecule has 0 radical (unpaired) electrons. The second kappa shape index (κ2) is 5.60. The van der Waals surface area contributed by atoms with E-state index in [0.29, 0.717) is 0 Å². The lowest BCUT2D eigenvalue weighted by Crippen LogP contribution is -2.15. The average Bonchev–Trinajstić information content (AvgIpc) is 2.43. The SMILES string of the molecule is N#Cc1ccc(Cl)c(S(=O)(=O)Nc2cc(F)ccc2N)c1. The summed E-state index contributed by atoms with van der Waals surface area (Å²) in [5.74, 6) is -0.640. The number of nitriles is 1. The summed E-state index contributed by atoms with van der Waals surface area (Å²) in [5, 5.41) is 8.75. The number of hydrogen-bond donors (Lipinski definition) is 2. The van der Waals surface area contributed by atoms with Gasteiger partial charge in [0.1, 0.15) is 10.7 Å². The number of benzene rings is 2. The van der Waals surface area contributed by atoms with Gasteiger partial charge in [-0.2, -0.15) is 5.26 Å². The zero-order valence-electron chi connectivity index (χ0n) is 10.5. The first-order valence-corrected chi connectivity index (χ1v) is 7.47. The standard InChI is InChI=1S/C13H9ClFN3O2S/c14-10-3-1-8(7-16)5-13(10)21(19,20)18-12-6-9(15)2-4-11(12)17/h1-6,18H,17H2. The zero-order chi connectivity index (χ0) is 15.6. The fraction of sp³-hybridized carbons (Fsp3) is 0. The molecule has 0 saturated heterocycles. The third-order valence-corrected chi connectivity index (χ3v) is 4.46. The van der Waals surface area contributed by atoms with E-state index in [2.05, 4.69) is 4.72 Å². The smallest absolute Gasteiger partial charge is 0.263 e. The molecular formula is C13H9ClFN3O2S. The highest BCUT2D eigenvalue weighted by Gasteiger charge is 2.20. The number of nitrogens with two attached hydrogens (primary N) is 1. The van der Waals surface area contributed by atoms with E-state index < -0.39 is 15.8 Å². The number of rotatable bonds is 3. The minimum atomic E-state index is -4.10. The molecule has 21 heavy (non-hydrogen) atoms. The molecule has 0 atom stereocenters. The van der Waals surface area contributed by atoms with Crippen LogP contribution in [0.5, 0.6) is 0 Å². The van der Waals surface area contributed by atoms with Gasteiger partial charge >= 0.3 is 0 Å². The molecule has 0 bridgehead atoms. The Morgan fingerprint density at radius 2 is 1.95 bits per heavy atom. The molecule has 0 aliphatic carbocycles. The number of nitrogen functional groups attached to an aromatic ring is 1. The van der Waals surface area contributed by atoms with E-state index in [0.717, 1.165) is 18.2 Å². The van der Waals surface area contributed by atoms with Gasteiger partial charge in [-0.1, -0.05) is 11.6 Å². The maximum Gasteiger partial charge on any atom is 0.263 e. The summed E-state index contributed by atoms with van der Waals surface area (Å²) in [7, 11) is -4.10. The third kappa shape index (κ3) is 3.24. The second-order valence-corrected chi connectivity index (χ2v) is 6.15. The van der Waals surface area contributed by atoms with Crippen LogP contribution in [0, 0.1) is 17.1 Å². The van der Waals surface area contributed by atoms with Crippen molar-refractivity contribution in [2.75, 3.05) is 10.5 Å². The van der Waals surface area contributed by atoms with Crippen LogP contribution in [0.25, 0.3) is 0 Å². The van der Waals surface area contributed by atoms with Crippen molar-refractivity contribution in [2.24, 2.45) is 0 Å². The van der Waals surface area contributed by atoms with Gasteiger partial charge in [0, 0.05) is 6.07 Å². The summed E-state index contributed by atoms with van der Waals surface area (Å²) in [5.41, 5.74) is 5.68. The molecule has 0 aromatic heterocycles. The van der Waals surface area contributed by atoms with Gasteiger partial charge < -0.3 is 5.73 Å². The fourth-order valence-corrected chi connectivity index (χ4v) is 3.20. The lowest BCUT2D eigenvalue weighted by molar-refractivity contribution is 0.601. The Morgan fingerprint density at radius 3 is 2.62 bits per heavy atom. The molecule has 2 rings (SSSR count). The van der Waals surface area contributed by atoms with E-state index in [1.165, 1.54) is 18.2 Å². The molecular weight excluding hydrogens is 317 g/mol. The van der Waals surface area contributed by atoms with Crippen molar-refractivity contribution < 1.29 is 12.8 Å². The van der Waals surface area contributed by atoms with Crippen LogP contribution in [0.2, 0.25) is 5.02 Å². The molecule has 2 aromatic rings. The first-order chi connectivity index (χ1) is 9.83. The summed E-state index contributed by atoms with van der Waals surface area (Å²) in [6.07, 6.45) is 0. The van der Waals surface area contributed by atoms with Gasteiger partial charge in [-0.25, -0.2) is 12.8 Å². The van der Waals surface area contributed by atoms with Crippen LogP contribution in [0.4, 0.5) is 15.8 Å². The molecule has 0 fully saturated rings. The molecule has 0 aliphatic rings.